The van der Waals surface area contributed by atoms with E-state index in [4.69, 9.17) is 0 Å². The van der Waals surface area contributed by atoms with Gasteiger partial charge >= 0.3 is 58.4 Å². The van der Waals surface area contributed by atoms with E-state index >= 15 is 0 Å². The summed E-state index contributed by atoms with van der Waals surface area (Å²) in [6, 6.07) is 0. The van der Waals surface area contributed by atoms with Gasteiger partial charge in [0.25, 0.3) is 0 Å². The zero-order valence-electron chi connectivity index (χ0n) is 6.97. The molecule has 0 aliphatic carbocycles. The molecule has 1 rings (SSSR count). The van der Waals surface area contributed by atoms with E-state index < -0.39 is 12.4 Å². The molecular weight excluding hydrogens is 195 g/mol. The zero-order chi connectivity index (χ0) is 8.48. The summed E-state index contributed by atoms with van der Waals surface area (Å²) in [5, 5.41) is 3.51. The minimum absolute atomic E-state index is 0. The van der Waals surface area contributed by atoms with Crippen LogP contribution in [0.1, 0.15) is 6.92 Å². The average Bonchev–Trinajstić information content (AvgIpc) is 2.32. The van der Waals surface area contributed by atoms with Gasteiger partial charge in [0.1, 0.15) is 0 Å². The fraction of sp³-hybridized carbons (Fsp3) is 0.400. The molecule has 0 aromatic carbocycles. The second-order valence-electron chi connectivity index (χ2n) is 2.20. The van der Waals surface area contributed by atoms with Gasteiger partial charge in [0.05, 0.1) is 0 Å². The van der Waals surface area contributed by atoms with Gasteiger partial charge in [-0.25, -0.2) is 0 Å². The summed E-state index contributed by atoms with van der Waals surface area (Å²) in [6.07, 6.45) is 1.86. The van der Waals surface area contributed by atoms with Gasteiger partial charge in [-0.2, -0.15) is 5.10 Å². The van der Waals surface area contributed by atoms with Crippen LogP contribution in [0.4, 0.5) is 12.9 Å². The Hall–Kier alpha value is 0.701. The summed E-state index contributed by atoms with van der Waals surface area (Å²) in [4.78, 5) is 0. The summed E-state index contributed by atoms with van der Waals surface area (Å²) >= 11 is 0. The predicted molar refractivity (Wildman–Crippen MR) is 36.6 cm³/mol. The molecule has 0 fully saturated rings. The van der Waals surface area contributed by atoms with Crippen LogP contribution in [0, 0.1) is 0 Å². The molecule has 1 aromatic rings. The topological polar surface area (TPSA) is 17.8 Å². The van der Waals surface area contributed by atoms with Crippen LogP contribution in [0.2, 0.25) is 0 Å². The molecule has 0 aliphatic heterocycles. The minimum Gasteiger partial charge on any atom is -0.445 e. The molecule has 0 unspecified atom stereocenters. The molecule has 0 saturated heterocycles. The van der Waals surface area contributed by atoms with Gasteiger partial charge in [0, 0.05) is 12.7 Å². The second kappa shape index (κ2) is 4.80. The van der Waals surface area contributed by atoms with Crippen molar-refractivity contribution in [1.82, 2.24) is 9.78 Å². The van der Waals surface area contributed by atoms with E-state index in [0.29, 0.717) is 6.54 Å². The van der Waals surface area contributed by atoms with Crippen LogP contribution in [0.3, 0.4) is 0 Å². The Labute approximate surface area is 111 Å². The predicted octanol–water partition coefficient (Wildman–Crippen LogP) is -2.04. The first-order valence-electron chi connectivity index (χ1n) is 3.26. The van der Waals surface area contributed by atoms with Crippen LogP contribution in [-0.2, 0) is 6.54 Å². The Kier molecular flexibility index (Phi) is 5.08. The maximum Gasteiger partial charge on any atom is 1.00 e. The van der Waals surface area contributed by atoms with Gasteiger partial charge in [0.2, 0.25) is 0 Å². The number of rotatable bonds is 2. The van der Waals surface area contributed by atoms with Gasteiger partial charge in [0.15, 0.2) is 0 Å². The first-order chi connectivity index (χ1) is 5.04. The maximum atomic E-state index is 11.9. The molecule has 12 heavy (non-hydrogen) atoms. The molecule has 1 aromatic heterocycles. The molecule has 62 valence electrons. The fourth-order valence-corrected chi connectivity index (χ4v) is 0.722. The van der Waals surface area contributed by atoms with Gasteiger partial charge in [-0.15, -0.1) is 0 Å². The Balaban J connectivity index is 0.00000121. The van der Waals surface area contributed by atoms with Crippen LogP contribution < -0.4 is 56.8 Å². The van der Waals surface area contributed by atoms with Crippen LogP contribution in [0.25, 0.3) is 0 Å². The van der Waals surface area contributed by atoms with Crippen molar-refractivity contribution < 1.29 is 64.3 Å². The van der Waals surface area contributed by atoms with E-state index in [1.807, 2.05) is 0 Å². The van der Waals surface area contributed by atoms with Crippen molar-refractivity contribution in [2.24, 2.45) is 0 Å². The van der Waals surface area contributed by atoms with Gasteiger partial charge < -0.3 is 12.9 Å². The molecule has 7 heteroatoms. The molecule has 0 radical (unpaired) electrons. The smallest absolute Gasteiger partial charge is 0.445 e. The number of hydrogen-bond donors (Lipinski definition) is 0. The van der Waals surface area contributed by atoms with Crippen LogP contribution >= 0.6 is 0 Å². The molecule has 0 aliphatic rings. The normalized spacial score (nSPS) is 11.0. The Morgan fingerprint density at radius 1 is 1.50 bits per heavy atom. The number of nitrogens with zero attached hydrogens (tertiary/aromatic N) is 2. The third kappa shape index (κ3) is 3.21. The van der Waals surface area contributed by atoms with Crippen molar-refractivity contribution in [3.05, 3.63) is 12.4 Å². The van der Waals surface area contributed by atoms with E-state index in [2.05, 4.69) is 5.10 Å². The third-order valence-corrected chi connectivity index (χ3v) is 1.36. The minimum atomic E-state index is -4.87. The number of halogens is 3. The van der Waals surface area contributed by atoms with E-state index in [-0.39, 0.29) is 51.4 Å². The molecule has 0 bridgehead atoms. The van der Waals surface area contributed by atoms with Crippen molar-refractivity contribution >= 4 is 12.4 Å². The fourth-order valence-electron chi connectivity index (χ4n) is 0.722. The zero-order valence-corrected chi connectivity index (χ0v) is 10.1. The summed E-state index contributed by atoms with van der Waals surface area (Å²) in [5.41, 5.74) is -0.633. The van der Waals surface area contributed by atoms with Crippen molar-refractivity contribution in [3.8, 4) is 0 Å². The van der Waals surface area contributed by atoms with Crippen molar-refractivity contribution in [3.63, 3.8) is 0 Å². The van der Waals surface area contributed by atoms with E-state index in [1.54, 1.807) is 6.92 Å². The molecule has 2 nitrogen and oxygen atoms in total. The van der Waals surface area contributed by atoms with Crippen molar-refractivity contribution in [2.75, 3.05) is 0 Å². The van der Waals surface area contributed by atoms with Gasteiger partial charge in [-0.3, -0.25) is 4.68 Å². The summed E-state index contributed by atoms with van der Waals surface area (Å²) in [7, 11) is 0. The average molecular weight is 202 g/mol. The monoisotopic (exact) mass is 202 g/mol. The first kappa shape index (κ1) is 12.7. The SMILES string of the molecule is CCn1cc([B-](F)(F)F)cn1.[K+]. The summed E-state index contributed by atoms with van der Waals surface area (Å²) < 4.78 is 37.1. The van der Waals surface area contributed by atoms with E-state index in [9.17, 15) is 12.9 Å². The van der Waals surface area contributed by atoms with E-state index in [1.165, 1.54) is 4.68 Å². The molecule has 0 N–H and O–H groups in total. The van der Waals surface area contributed by atoms with Crippen LogP contribution in [-0.4, -0.2) is 16.8 Å². The molecule has 1 heterocycles. The number of aromatic nitrogens is 2. The van der Waals surface area contributed by atoms with Gasteiger partial charge in [-0.1, -0.05) is 5.46 Å². The Bertz CT molecular complexity index is 247. The Morgan fingerprint density at radius 2 is 2.08 bits per heavy atom. The van der Waals surface area contributed by atoms with Crippen LogP contribution in [0.15, 0.2) is 12.4 Å². The summed E-state index contributed by atoms with van der Waals surface area (Å²) in [6.45, 7) is -2.67. The molecular formula is C5H7BF3KN2. The molecule has 0 saturated carbocycles. The van der Waals surface area contributed by atoms with Crippen molar-refractivity contribution in [1.29, 1.82) is 0 Å². The summed E-state index contributed by atoms with van der Waals surface area (Å²) in [5.74, 6) is 0. The third-order valence-electron chi connectivity index (χ3n) is 1.36. The maximum absolute atomic E-state index is 11.9. The first-order valence-corrected chi connectivity index (χ1v) is 3.26. The number of aryl methyl sites for hydroxylation is 1. The quantitative estimate of drug-likeness (QED) is 0.505. The number of hydrogen-bond acceptors (Lipinski definition) is 1. The Morgan fingerprint density at radius 3 is 2.33 bits per heavy atom. The molecule has 0 amide bonds. The van der Waals surface area contributed by atoms with Crippen molar-refractivity contribution in [2.45, 2.75) is 13.5 Å². The molecule has 0 atom stereocenters. The van der Waals surface area contributed by atoms with E-state index in [0.717, 1.165) is 12.4 Å². The van der Waals surface area contributed by atoms with Gasteiger partial charge in [-0.05, 0) is 13.1 Å². The second-order valence-corrected chi connectivity index (χ2v) is 2.20. The largest absolute Gasteiger partial charge is 1.00 e. The standard InChI is InChI=1S/C5H7BF3N2.K/c1-2-11-4-5(3-10-11)6(7,8)9;/h3-4H,2H2,1H3;/q-1;+1. The molecule has 0 spiro atoms. The van der Waals surface area contributed by atoms with Crippen LogP contribution in [0.5, 0.6) is 0 Å².